The van der Waals surface area contributed by atoms with Crippen LogP contribution in [0.1, 0.15) is 0 Å². The number of hydrogen-bond donors (Lipinski definition) is 5. The largest absolute Gasteiger partial charge is 0.352 e. The Labute approximate surface area is 42.0 Å². The summed E-state index contributed by atoms with van der Waals surface area (Å²) in [5, 5.41) is 0. The lowest BCUT2D eigenvalue weighted by molar-refractivity contribution is 0.256. The average molecular weight is 111 g/mol. The Bertz CT molecular complexity index is 31.1. The molecule has 0 spiro atoms. The van der Waals surface area contributed by atoms with E-state index in [4.69, 9.17) is 4.79 Å². The van der Waals surface area contributed by atoms with Crippen LogP contribution in [0.25, 0.3) is 0 Å². The van der Waals surface area contributed by atoms with Crippen LogP contribution in [0.4, 0.5) is 4.79 Å². The predicted octanol–water partition coefficient (Wildman–Crippen LogP) is -0.490. The fraction of sp³-hybridized carbons (Fsp3) is 0. The van der Waals surface area contributed by atoms with Gasteiger partial charge in [0.15, 0.2) is 0 Å². The van der Waals surface area contributed by atoms with Crippen molar-refractivity contribution in [2.45, 2.75) is 0 Å². The highest BCUT2D eigenvalue weighted by Gasteiger charge is 1.60. The molecule has 13 N–H and O–H groups in total. The van der Waals surface area contributed by atoms with Gasteiger partial charge in [-0.1, -0.05) is 0 Å². The van der Waals surface area contributed by atoms with Gasteiger partial charge in [0.1, 0.15) is 0 Å². The molecular weight excluding hydrogens is 98.0 g/mol. The molecule has 0 heterocycles. The first-order valence-corrected chi connectivity index (χ1v) is 0.781. The molecule has 0 atom stereocenters. The first-order chi connectivity index (χ1) is 1.73. The zero-order valence-corrected chi connectivity index (χ0v) is 4.18. The van der Waals surface area contributed by atoms with Crippen molar-refractivity contribution in [3.05, 3.63) is 0 Å². The number of hydrogen-bond acceptors (Lipinski definition) is 4. The molecular formula is CH13N5O. The van der Waals surface area contributed by atoms with E-state index in [1.807, 2.05) is 0 Å². The van der Waals surface area contributed by atoms with E-state index in [-0.39, 0.29) is 18.5 Å². The Kier molecular flexibility index (Phi) is 96.7. The van der Waals surface area contributed by atoms with Gasteiger partial charge in [0.25, 0.3) is 0 Å². The van der Waals surface area contributed by atoms with Gasteiger partial charge >= 0.3 is 6.03 Å². The summed E-state index contributed by atoms with van der Waals surface area (Å²) in [5.41, 5.74) is 8.50. The minimum atomic E-state index is -0.833. The van der Waals surface area contributed by atoms with E-state index in [1.54, 1.807) is 0 Å². The molecule has 48 valence electrons. The van der Waals surface area contributed by atoms with Crippen molar-refractivity contribution in [3.63, 3.8) is 0 Å². The summed E-state index contributed by atoms with van der Waals surface area (Å²) in [6.45, 7) is 0. The van der Waals surface area contributed by atoms with Gasteiger partial charge in [-0.3, -0.25) is 0 Å². The molecule has 0 aliphatic rings. The van der Waals surface area contributed by atoms with Gasteiger partial charge in [-0.05, 0) is 0 Å². The number of carbonyl (C=O) groups is 1. The quantitative estimate of drug-likeness (QED) is 0.283. The SMILES string of the molecule is N.N.N.NC(N)=O. The smallest absolute Gasteiger partial charge is 0.309 e. The zero-order chi connectivity index (χ0) is 3.58. The van der Waals surface area contributed by atoms with Crippen molar-refractivity contribution >= 4 is 6.03 Å². The van der Waals surface area contributed by atoms with Gasteiger partial charge in [-0.2, -0.15) is 0 Å². The number of carbonyl (C=O) groups excluding carboxylic acids is 1. The van der Waals surface area contributed by atoms with Crippen LogP contribution in [-0.2, 0) is 0 Å². The lowest BCUT2D eigenvalue weighted by Crippen LogP contribution is -2.18. The Hall–Kier alpha value is -0.850. The van der Waals surface area contributed by atoms with Crippen LogP contribution in [0.2, 0.25) is 0 Å². The second-order valence-corrected chi connectivity index (χ2v) is 0.402. The Morgan fingerprint density at radius 3 is 1.00 bits per heavy atom. The third-order valence-electron chi connectivity index (χ3n) is 0. The van der Waals surface area contributed by atoms with E-state index in [0.717, 1.165) is 0 Å². The molecule has 0 saturated carbocycles. The molecule has 0 unspecified atom stereocenters. The summed E-state index contributed by atoms with van der Waals surface area (Å²) >= 11 is 0. The van der Waals surface area contributed by atoms with E-state index in [9.17, 15) is 0 Å². The molecule has 0 fully saturated rings. The minimum absolute atomic E-state index is 0. The number of urea groups is 1. The van der Waals surface area contributed by atoms with Crippen molar-refractivity contribution in [1.29, 1.82) is 0 Å². The highest BCUT2D eigenvalue weighted by atomic mass is 16.2. The van der Waals surface area contributed by atoms with Crippen LogP contribution in [0, 0.1) is 0 Å². The topological polar surface area (TPSA) is 174 Å². The lowest BCUT2D eigenvalue weighted by atomic mass is 11.2. The molecule has 0 bridgehead atoms. The van der Waals surface area contributed by atoms with Crippen LogP contribution < -0.4 is 29.9 Å². The molecule has 6 nitrogen and oxygen atoms in total. The van der Waals surface area contributed by atoms with Gasteiger partial charge < -0.3 is 29.9 Å². The lowest BCUT2D eigenvalue weighted by Gasteiger charge is -1.62. The van der Waals surface area contributed by atoms with E-state index >= 15 is 0 Å². The van der Waals surface area contributed by atoms with Gasteiger partial charge in [0.05, 0.1) is 0 Å². The first-order valence-electron chi connectivity index (χ1n) is 0.781. The third-order valence-corrected chi connectivity index (χ3v) is 0. The minimum Gasteiger partial charge on any atom is -0.352 e. The molecule has 0 aromatic heterocycles. The number of rotatable bonds is 0. The maximum absolute atomic E-state index is 9.00. The summed E-state index contributed by atoms with van der Waals surface area (Å²) in [5.74, 6) is 0. The van der Waals surface area contributed by atoms with Crippen molar-refractivity contribution in [2.24, 2.45) is 11.5 Å². The van der Waals surface area contributed by atoms with Crippen molar-refractivity contribution in [3.8, 4) is 0 Å². The molecule has 0 aliphatic carbocycles. The number of nitrogens with two attached hydrogens (primary N) is 2. The van der Waals surface area contributed by atoms with Gasteiger partial charge in [-0.15, -0.1) is 0 Å². The third kappa shape index (κ3) is 70.7. The van der Waals surface area contributed by atoms with Crippen molar-refractivity contribution < 1.29 is 4.79 Å². The summed E-state index contributed by atoms with van der Waals surface area (Å²) < 4.78 is 0. The van der Waals surface area contributed by atoms with Crippen LogP contribution in [-0.4, -0.2) is 6.03 Å². The molecule has 0 rings (SSSR count). The molecule has 0 saturated heterocycles. The second kappa shape index (κ2) is 19.2. The summed E-state index contributed by atoms with van der Waals surface area (Å²) in [6.07, 6.45) is 0. The average Bonchev–Trinajstić information content (AvgIpc) is 0.811. The Balaban J connectivity index is -0.0000000150. The van der Waals surface area contributed by atoms with Crippen LogP contribution in [0.3, 0.4) is 0 Å². The van der Waals surface area contributed by atoms with E-state index < -0.39 is 6.03 Å². The molecule has 0 aromatic carbocycles. The van der Waals surface area contributed by atoms with Gasteiger partial charge in [0.2, 0.25) is 0 Å². The molecule has 7 heavy (non-hydrogen) atoms. The van der Waals surface area contributed by atoms with Crippen LogP contribution in [0.5, 0.6) is 0 Å². The molecule has 0 aliphatic heterocycles. The highest BCUT2D eigenvalue weighted by Crippen LogP contribution is 1.25. The summed E-state index contributed by atoms with van der Waals surface area (Å²) in [7, 11) is 0. The van der Waals surface area contributed by atoms with E-state index in [1.165, 1.54) is 0 Å². The Morgan fingerprint density at radius 1 is 1.00 bits per heavy atom. The van der Waals surface area contributed by atoms with Crippen LogP contribution >= 0.6 is 0 Å². The zero-order valence-electron chi connectivity index (χ0n) is 4.18. The maximum Gasteiger partial charge on any atom is 0.309 e. The molecule has 2 amide bonds. The fourth-order valence-electron chi connectivity index (χ4n) is 0. The molecule has 6 heteroatoms. The first kappa shape index (κ1) is 35.3. The predicted molar refractivity (Wildman–Crippen MR) is 28.8 cm³/mol. The standard InChI is InChI=1S/CH4N2O.3H3N/c2-1(3)4;;;/h(H4,2,3,4);3*1H3. The second-order valence-electron chi connectivity index (χ2n) is 0.402. The highest BCUT2D eigenvalue weighted by molar-refractivity contribution is 5.69. The summed E-state index contributed by atoms with van der Waals surface area (Å²) in [6, 6.07) is -0.833. The molecule has 0 aromatic rings. The van der Waals surface area contributed by atoms with Gasteiger partial charge in [0, 0.05) is 0 Å². The van der Waals surface area contributed by atoms with Crippen molar-refractivity contribution in [1.82, 2.24) is 18.5 Å². The van der Waals surface area contributed by atoms with Gasteiger partial charge in [-0.25, -0.2) is 4.79 Å². The maximum atomic E-state index is 9.00. The fourth-order valence-corrected chi connectivity index (χ4v) is 0. The monoisotopic (exact) mass is 111 g/mol. The number of primary amides is 2. The normalized spacial score (nSPS) is 3.43. The van der Waals surface area contributed by atoms with E-state index in [2.05, 4.69) is 11.5 Å². The Morgan fingerprint density at radius 2 is 1.00 bits per heavy atom. The van der Waals surface area contributed by atoms with Crippen molar-refractivity contribution in [2.75, 3.05) is 0 Å². The van der Waals surface area contributed by atoms with E-state index in [0.29, 0.717) is 0 Å². The summed E-state index contributed by atoms with van der Waals surface area (Å²) in [4.78, 5) is 9.00. The van der Waals surface area contributed by atoms with Crippen LogP contribution in [0.15, 0.2) is 0 Å². The molecule has 0 radical (unpaired) electrons. The number of amides is 2.